The van der Waals surface area contributed by atoms with Gasteiger partial charge in [-0.1, -0.05) is 6.07 Å². The number of ether oxygens (including phenoxy) is 1. The van der Waals surface area contributed by atoms with E-state index in [1.807, 2.05) is 0 Å². The second-order valence-corrected chi connectivity index (χ2v) is 9.18. The summed E-state index contributed by atoms with van der Waals surface area (Å²) < 4.78 is 49.3. The van der Waals surface area contributed by atoms with Gasteiger partial charge in [0.2, 0.25) is 0 Å². The van der Waals surface area contributed by atoms with Crippen LogP contribution in [0, 0.1) is 0 Å². The number of allylic oxidation sites excluding steroid dienone is 4. The van der Waals surface area contributed by atoms with Crippen molar-refractivity contribution >= 4 is 16.3 Å². The van der Waals surface area contributed by atoms with Gasteiger partial charge in [0.05, 0.1) is 18.2 Å². The predicted molar refractivity (Wildman–Crippen MR) is 116 cm³/mol. The van der Waals surface area contributed by atoms with E-state index in [2.05, 4.69) is 4.98 Å². The minimum Gasteiger partial charge on any atom is -0.458 e. The molecule has 0 N–H and O–H groups in total. The number of aryl methyl sites for hydroxylation is 1. The van der Waals surface area contributed by atoms with Gasteiger partial charge in [-0.3, -0.25) is 13.4 Å². The van der Waals surface area contributed by atoms with Gasteiger partial charge in [0, 0.05) is 48.0 Å². The molecule has 0 bridgehead atoms. The SMILES string of the molecule is Cn1cc(-c2cc(CS(C)=O)ccc2OC2=CC=C(F)CC2(C)F)n2cncc2c1=O. The molecule has 0 saturated carbocycles. The van der Waals surface area contributed by atoms with E-state index in [-0.39, 0.29) is 11.3 Å². The molecule has 4 rings (SSSR count). The van der Waals surface area contributed by atoms with Gasteiger partial charge >= 0.3 is 0 Å². The molecule has 1 aromatic carbocycles. The molecule has 3 aromatic rings. The lowest BCUT2D eigenvalue weighted by atomic mass is 9.96. The Hall–Kier alpha value is -3.07. The maximum Gasteiger partial charge on any atom is 0.276 e. The minimum atomic E-state index is -2.01. The van der Waals surface area contributed by atoms with Crippen molar-refractivity contribution < 1.29 is 17.7 Å². The molecule has 0 aliphatic heterocycles. The Kier molecular flexibility index (Phi) is 5.38. The van der Waals surface area contributed by atoms with Crippen LogP contribution in [0.15, 0.2) is 65.5 Å². The largest absolute Gasteiger partial charge is 0.458 e. The lowest BCUT2D eigenvalue weighted by Crippen LogP contribution is -2.27. The molecule has 1 aliphatic rings. The summed E-state index contributed by atoms with van der Waals surface area (Å²) in [6.45, 7) is 1.26. The van der Waals surface area contributed by atoms with Crippen LogP contribution in [0.4, 0.5) is 8.78 Å². The topological polar surface area (TPSA) is 65.6 Å². The molecule has 0 radical (unpaired) electrons. The molecule has 0 spiro atoms. The van der Waals surface area contributed by atoms with E-state index in [1.54, 1.807) is 42.1 Å². The molecule has 2 aromatic heterocycles. The van der Waals surface area contributed by atoms with Crippen LogP contribution in [-0.4, -0.2) is 30.1 Å². The summed E-state index contributed by atoms with van der Waals surface area (Å²) in [4.78, 5) is 16.5. The molecule has 6 nitrogen and oxygen atoms in total. The normalized spacial score (nSPS) is 19.8. The van der Waals surface area contributed by atoms with E-state index < -0.39 is 28.7 Å². The first kappa shape index (κ1) is 21.2. The summed E-state index contributed by atoms with van der Waals surface area (Å²) in [7, 11) is 0.551. The third-order valence-corrected chi connectivity index (χ3v) is 5.83. The van der Waals surface area contributed by atoms with Crippen LogP contribution in [0.25, 0.3) is 16.8 Å². The molecule has 0 saturated heterocycles. The summed E-state index contributed by atoms with van der Waals surface area (Å²) in [5.41, 5.74) is 0.0828. The first-order valence-electron chi connectivity index (χ1n) is 9.54. The zero-order valence-electron chi connectivity index (χ0n) is 17.3. The number of hydrogen-bond acceptors (Lipinski definition) is 4. The third-order valence-electron chi connectivity index (χ3n) is 5.09. The van der Waals surface area contributed by atoms with Crippen LogP contribution in [0.3, 0.4) is 0 Å². The van der Waals surface area contributed by atoms with E-state index in [0.717, 1.165) is 5.56 Å². The maximum atomic E-state index is 15.0. The highest BCUT2D eigenvalue weighted by Crippen LogP contribution is 2.38. The lowest BCUT2D eigenvalue weighted by molar-refractivity contribution is 0.157. The Bertz CT molecular complexity index is 1320. The molecule has 0 amide bonds. The second-order valence-electron chi connectivity index (χ2n) is 7.75. The van der Waals surface area contributed by atoms with Gasteiger partial charge in [-0.05, 0) is 36.8 Å². The average molecular weight is 445 g/mol. The molecule has 2 heterocycles. The van der Waals surface area contributed by atoms with Gasteiger partial charge < -0.3 is 9.30 Å². The molecule has 1 aliphatic carbocycles. The average Bonchev–Trinajstić information content (AvgIpc) is 3.17. The van der Waals surface area contributed by atoms with E-state index in [1.165, 1.54) is 36.2 Å². The first-order valence-corrected chi connectivity index (χ1v) is 11.3. The van der Waals surface area contributed by atoms with Crippen LogP contribution in [-0.2, 0) is 23.6 Å². The van der Waals surface area contributed by atoms with Crippen molar-refractivity contribution in [2.75, 3.05) is 6.26 Å². The summed E-state index contributed by atoms with van der Waals surface area (Å²) in [5.74, 6) is 0.0687. The van der Waals surface area contributed by atoms with Crippen molar-refractivity contribution in [2.24, 2.45) is 7.05 Å². The minimum absolute atomic E-state index is 0.0198. The van der Waals surface area contributed by atoms with Crippen molar-refractivity contribution in [3.63, 3.8) is 0 Å². The van der Waals surface area contributed by atoms with E-state index in [4.69, 9.17) is 4.74 Å². The van der Waals surface area contributed by atoms with Gasteiger partial charge in [0.25, 0.3) is 5.56 Å². The standard InChI is InChI=1S/C22H21F2N3O3S/c1-22(24)9-15(23)5-7-20(22)30-19-6-4-14(12-31(3)29)8-16(19)18-11-26(2)21(28)17-10-25-13-27(17)18/h4-8,10-11,13H,9,12H2,1-3H3. The Morgan fingerprint density at radius 2 is 2.10 bits per heavy atom. The fraction of sp³-hybridized carbons (Fsp3) is 0.273. The van der Waals surface area contributed by atoms with Crippen LogP contribution in [0.1, 0.15) is 18.9 Å². The molecular formula is C22H21F2N3O3S. The van der Waals surface area contributed by atoms with Crippen molar-refractivity contribution in [1.29, 1.82) is 0 Å². The highest BCUT2D eigenvalue weighted by Gasteiger charge is 2.35. The summed E-state index contributed by atoms with van der Waals surface area (Å²) in [6, 6.07) is 5.21. The number of rotatable bonds is 5. The van der Waals surface area contributed by atoms with Gasteiger partial charge in [0.1, 0.15) is 22.9 Å². The number of alkyl halides is 1. The van der Waals surface area contributed by atoms with Gasteiger partial charge in [0.15, 0.2) is 5.67 Å². The molecule has 9 heteroatoms. The molecule has 31 heavy (non-hydrogen) atoms. The quantitative estimate of drug-likeness (QED) is 0.599. The fourth-order valence-electron chi connectivity index (χ4n) is 3.58. The summed E-state index contributed by atoms with van der Waals surface area (Å²) in [6.07, 6.45) is 8.27. The van der Waals surface area contributed by atoms with Gasteiger partial charge in [-0.15, -0.1) is 0 Å². The highest BCUT2D eigenvalue weighted by atomic mass is 32.2. The first-order chi connectivity index (χ1) is 14.7. The lowest BCUT2D eigenvalue weighted by Gasteiger charge is -2.26. The zero-order valence-corrected chi connectivity index (χ0v) is 18.1. The summed E-state index contributed by atoms with van der Waals surface area (Å²) >= 11 is 0. The van der Waals surface area contributed by atoms with E-state index in [0.29, 0.717) is 28.3 Å². The number of benzene rings is 1. The third kappa shape index (κ3) is 4.10. The highest BCUT2D eigenvalue weighted by molar-refractivity contribution is 7.83. The van der Waals surface area contributed by atoms with Crippen LogP contribution >= 0.6 is 0 Å². The van der Waals surface area contributed by atoms with Crippen molar-refractivity contribution in [2.45, 2.75) is 24.8 Å². The Balaban J connectivity index is 1.91. The predicted octanol–water partition coefficient (Wildman–Crippen LogP) is 3.83. The molecule has 2 unspecified atom stereocenters. The monoisotopic (exact) mass is 445 g/mol. The smallest absolute Gasteiger partial charge is 0.276 e. The van der Waals surface area contributed by atoms with E-state index in [9.17, 15) is 13.4 Å². The molecule has 0 fully saturated rings. The molecule has 162 valence electrons. The van der Waals surface area contributed by atoms with Gasteiger partial charge in [-0.25, -0.2) is 13.8 Å². The fourth-order valence-corrected chi connectivity index (χ4v) is 4.23. The number of halogens is 2. The number of hydrogen-bond donors (Lipinski definition) is 0. The molecular weight excluding hydrogens is 424 g/mol. The van der Waals surface area contributed by atoms with E-state index >= 15 is 4.39 Å². The van der Waals surface area contributed by atoms with Crippen LogP contribution < -0.4 is 10.3 Å². The zero-order chi connectivity index (χ0) is 22.3. The molecule has 2 atom stereocenters. The Morgan fingerprint density at radius 1 is 1.32 bits per heavy atom. The van der Waals surface area contributed by atoms with Crippen molar-refractivity contribution in [3.05, 3.63) is 76.6 Å². The Labute approximate surface area is 180 Å². The van der Waals surface area contributed by atoms with Crippen molar-refractivity contribution in [1.82, 2.24) is 14.0 Å². The second kappa shape index (κ2) is 7.88. The number of nitrogens with zero attached hydrogens (tertiary/aromatic N) is 3. The van der Waals surface area contributed by atoms with Crippen LogP contribution in [0.2, 0.25) is 0 Å². The number of aromatic nitrogens is 3. The number of fused-ring (bicyclic) bond motifs is 1. The Morgan fingerprint density at radius 3 is 2.81 bits per heavy atom. The van der Waals surface area contributed by atoms with Gasteiger partial charge in [-0.2, -0.15) is 0 Å². The van der Waals surface area contributed by atoms with Crippen LogP contribution in [0.5, 0.6) is 5.75 Å². The number of imidazole rings is 1. The summed E-state index contributed by atoms with van der Waals surface area (Å²) in [5, 5.41) is 0. The maximum absolute atomic E-state index is 15.0. The van der Waals surface area contributed by atoms with Crippen molar-refractivity contribution in [3.8, 4) is 17.0 Å².